The van der Waals surface area contributed by atoms with E-state index in [1.807, 2.05) is 40.3 Å². The van der Waals surface area contributed by atoms with Crippen molar-refractivity contribution < 1.29 is 5.48 Å². The summed E-state index contributed by atoms with van der Waals surface area (Å²) in [4.78, 5) is 33.1. The van der Waals surface area contributed by atoms with Crippen LogP contribution in [0.25, 0.3) is 22.1 Å². The largest absolute Gasteiger partial charge is 0.412 e. The number of rotatable bonds is 5. The highest BCUT2D eigenvalue weighted by Crippen LogP contribution is 2.26. The highest BCUT2D eigenvalue weighted by molar-refractivity contribution is 6.31. The van der Waals surface area contributed by atoms with Gasteiger partial charge < -0.3 is 20.3 Å². The molecule has 0 saturated carbocycles. The van der Waals surface area contributed by atoms with Crippen LogP contribution in [0.15, 0.2) is 46.0 Å². The third-order valence-electron chi connectivity index (χ3n) is 6.39. The fraction of sp³-hybridized carbons (Fsp3) is 0.391. The van der Waals surface area contributed by atoms with E-state index in [1.54, 1.807) is 6.07 Å². The van der Waals surface area contributed by atoms with Crippen molar-refractivity contribution in [3.05, 3.63) is 68.0 Å². The zero-order chi connectivity index (χ0) is 21.5. The minimum absolute atomic E-state index is 0. The Morgan fingerprint density at radius 1 is 0.938 bits per heavy atom. The van der Waals surface area contributed by atoms with Gasteiger partial charge in [0.2, 0.25) is 0 Å². The molecular weight excluding hydrogens is 430 g/mol. The van der Waals surface area contributed by atoms with E-state index < -0.39 is 0 Å². The number of nitrogens with zero attached hydrogens (tertiary/aromatic N) is 3. The number of hydrogen-bond donors (Lipinski definition) is 2. The standard InChI is InChI=1S/C23H26ClN5O2.H2O/c1-15-3-5-18-21(13-15)28(22(30)25-18)10-2-9-27-11-7-17(8-12-27)29-20-6-4-16(24)14-19(20)26-23(29)31;/h3-6,13-14,17H,2,7-12H2,1H3,(H,25,30)(H,26,31);1H2. The van der Waals surface area contributed by atoms with Gasteiger partial charge >= 0.3 is 11.4 Å². The van der Waals surface area contributed by atoms with Gasteiger partial charge in [-0.1, -0.05) is 17.7 Å². The van der Waals surface area contributed by atoms with Gasteiger partial charge in [0.25, 0.3) is 0 Å². The van der Waals surface area contributed by atoms with Crippen LogP contribution in [0.2, 0.25) is 5.02 Å². The number of hydrogen-bond acceptors (Lipinski definition) is 3. The van der Waals surface area contributed by atoms with Crippen molar-refractivity contribution >= 4 is 33.7 Å². The molecular formula is C23H28ClN5O3. The topological polar surface area (TPSA) is 110 Å². The van der Waals surface area contributed by atoms with Gasteiger partial charge in [0, 0.05) is 30.7 Å². The Kier molecular flexibility index (Phi) is 6.28. The van der Waals surface area contributed by atoms with Crippen molar-refractivity contribution in [2.24, 2.45) is 0 Å². The summed E-state index contributed by atoms with van der Waals surface area (Å²) < 4.78 is 3.72. The van der Waals surface area contributed by atoms with Gasteiger partial charge in [-0.3, -0.25) is 9.13 Å². The number of benzene rings is 2. The number of halogens is 1. The second-order valence-corrected chi connectivity index (χ2v) is 8.93. The summed E-state index contributed by atoms with van der Waals surface area (Å²) in [7, 11) is 0. The molecule has 0 atom stereocenters. The van der Waals surface area contributed by atoms with Crippen molar-refractivity contribution in [2.45, 2.75) is 38.8 Å². The first-order chi connectivity index (χ1) is 15.0. The summed E-state index contributed by atoms with van der Waals surface area (Å²) in [6.45, 7) is 5.57. The van der Waals surface area contributed by atoms with Crippen LogP contribution < -0.4 is 11.4 Å². The minimum Gasteiger partial charge on any atom is -0.412 e. The lowest BCUT2D eigenvalue weighted by Gasteiger charge is -2.32. The fourth-order valence-corrected chi connectivity index (χ4v) is 4.98. The molecule has 1 saturated heterocycles. The second kappa shape index (κ2) is 8.97. The number of aryl methyl sites for hydroxylation is 2. The third kappa shape index (κ3) is 4.13. The lowest BCUT2D eigenvalue weighted by Crippen LogP contribution is -2.37. The lowest BCUT2D eigenvalue weighted by atomic mass is 10.0. The molecule has 1 aliphatic heterocycles. The second-order valence-electron chi connectivity index (χ2n) is 8.49. The zero-order valence-electron chi connectivity index (χ0n) is 18.0. The maximum atomic E-state index is 12.5. The maximum Gasteiger partial charge on any atom is 0.326 e. The van der Waals surface area contributed by atoms with Crippen LogP contribution in [-0.4, -0.2) is 49.1 Å². The summed E-state index contributed by atoms with van der Waals surface area (Å²) in [6.07, 6.45) is 2.78. The predicted octanol–water partition coefficient (Wildman–Crippen LogP) is 2.84. The molecule has 3 heterocycles. The minimum atomic E-state index is -0.0651. The first-order valence-corrected chi connectivity index (χ1v) is 11.2. The maximum absolute atomic E-state index is 12.5. The van der Waals surface area contributed by atoms with Gasteiger partial charge in [-0.15, -0.1) is 0 Å². The van der Waals surface area contributed by atoms with E-state index in [0.29, 0.717) is 11.6 Å². The van der Waals surface area contributed by atoms with Crippen molar-refractivity contribution in [3.63, 3.8) is 0 Å². The van der Waals surface area contributed by atoms with Gasteiger partial charge in [0.15, 0.2) is 0 Å². The Hall–Kier alpha value is -2.81. The van der Waals surface area contributed by atoms with E-state index in [-0.39, 0.29) is 22.9 Å². The lowest BCUT2D eigenvalue weighted by molar-refractivity contribution is 0.183. The number of H-pyrrole nitrogens is 2. The Morgan fingerprint density at radius 2 is 1.69 bits per heavy atom. The van der Waals surface area contributed by atoms with E-state index in [1.165, 1.54) is 0 Å². The van der Waals surface area contributed by atoms with Crippen LogP contribution >= 0.6 is 11.6 Å². The number of aromatic nitrogens is 4. The van der Waals surface area contributed by atoms with Gasteiger partial charge in [0.1, 0.15) is 0 Å². The predicted molar refractivity (Wildman–Crippen MR) is 128 cm³/mol. The summed E-state index contributed by atoms with van der Waals surface area (Å²) in [6, 6.07) is 11.8. The van der Waals surface area contributed by atoms with E-state index in [0.717, 1.165) is 66.5 Å². The monoisotopic (exact) mass is 457 g/mol. The quantitative estimate of drug-likeness (QED) is 0.480. The molecule has 1 aliphatic rings. The number of piperidine rings is 1. The van der Waals surface area contributed by atoms with Crippen molar-refractivity contribution in [3.8, 4) is 0 Å². The van der Waals surface area contributed by atoms with Crippen LogP contribution in [0, 0.1) is 6.92 Å². The number of nitrogens with one attached hydrogen (secondary N) is 2. The Bertz CT molecular complexity index is 1360. The third-order valence-corrected chi connectivity index (χ3v) is 6.62. The molecule has 0 bridgehead atoms. The van der Waals surface area contributed by atoms with Gasteiger partial charge in [0.05, 0.1) is 22.1 Å². The zero-order valence-corrected chi connectivity index (χ0v) is 18.8. The molecule has 4 N–H and O–H groups in total. The Morgan fingerprint density at radius 3 is 2.47 bits per heavy atom. The molecule has 4 aromatic rings. The van der Waals surface area contributed by atoms with E-state index in [2.05, 4.69) is 20.9 Å². The molecule has 2 aromatic heterocycles. The van der Waals surface area contributed by atoms with Gasteiger partial charge in [-0.25, -0.2) is 9.59 Å². The molecule has 2 aromatic carbocycles. The molecule has 8 nitrogen and oxygen atoms in total. The first kappa shape index (κ1) is 22.4. The van der Waals surface area contributed by atoms with Crippen LogP contribution in [0.3, 0.4) is 0 Å². The number of fused-ring (bicyclic) bond motifs is 2. The van der Waals surface area contributed by atoms with Crippen LogP contribution in [0.4, 0.5) is 0 Å². The molecule has 0 aliphatic carbocycles. The molecule has 0 amide bonds. The highest BCUT2D eigenvalue weighted by Gasteiger charge is 2.23. The molecule has 9 heteroatoms. The molecule has 170 valence electrons. The van der Waals surface area contributed by atoms with E-state index in [9.17, 15) is 9.59 Å². The van der Waals surface area contributed by atoms with E-state index in [4.69, 9.17) is 11.6 Å². The normalized spacial score (nSPS) is 15.4. The average molecular weight is 458 g/mol. The summed E-state index contributed by atoms with van der Waals surface area (Å²) in [5.41, 5.74) is 4.62. The number of aromatic amines is 2. The van der Waals surface area contributed by atoms with Crippen LogP contribution in [0.1, 0.15) is 30.9 Å². The molecule has 0 radical (unpaired) electrons. The summed E-state index contributed by atoms with van der Waals surface area (Å²) >= 11 is 6.06. The molecule has 0 spiro atoms. The SMILES string of the molecule is Cc1ccc2[nH]c(=O)n(CCCN3CCC(n4c(=O)[nH]c5cc(Cl)ccc54)CC3)c2c1.O. The average Bonchev–Trinajstić information content (AvgIpc) is 3.23. The number of imidazole rings is 2. The highest BCUT2D eigenvalue weighted by atomic mass is 35.5. The number of likely N-dealkylation sites (tertiary alicyclic amines) is 1. The fourth-order valence-electron chi connectivity index (χ4n) is 4.80. The van der Waals surface area contributed by atoms with Gasteiger partial charge in [-0.05, 0) is 68.6 Å². The van der Waals surface area contributed by atoms with Crippen molar-refractivity contribution in [1.29, 1.82) is 0 Å². The Labute approximate surface area is 189 Å². The first-order valence-electron chi connectivity index (χ1n) is 10.8. The van der Waals surface area contributed by atoms with Crippen LogP contribution in [-0.2, 0) is 6.54 Å². The smallest absolute Gasteiger partial charge is 0.326 e. The Balaban J connectivity index is 0.00000245. The summed E-state index contributed by atoms with van der Waals surface area (Å²) in [5.74, 6) is 0. The van der Waals surface area contributed by atoms with Crippen molar-refractivity contribution in [2.75, 3.05) is 19.6 Å². The molecule has 32 heavy (non-hydrogen) atoms. The molecule has 0 unspecified atom stereocenters. The summed E-state index contributed by atoms with van der Waals surface area (Å²) in [5, 5.41) is 0.625. The van der Waals surface area contributed by atoms with Gasteiger partial charge in [-0.2, -0.15) is 0 Å². The van der Waals surface area contributed by atoms with Crippen molar-refractivity contribution in [1.82, 2.24) is 24.0 Å². The molecule has 1 fully saturated rings. The van der Waals surface area contributed by atoms with Crippen LogP contribution in [0.5, 0.6) is 0 Å². The molecule has 5 rings (SSSR count). The van der Waals surface area contributed by atoms with E-state index >= 15 is 0 Å².